The van der Waals surface area contributed by atoms with Crippen molar-refractivity contribution in [3.05, 3.63) is 71.7 Å². The van der Waals surface area contributed by atoms with E-state index in [0.717, 1.165) is 27.8 Å². The molecule has 0 aliphatic rings. The molecule has 0 aliphatic carbocycles. The predicted octanol–water partition coefficient (Wildman–Crippen LogP) is 3.53. The van der Waals surface area contributed by atoms with Crippen molar-refractivity contribution < 1.29 is 25.6 Å². The van der Waals surface area contributed by atoms with Gasteiger partial charge in [-0.15, -0.1) is 11.3 Å². The van der Waals surface area contributed by atoms with Crippen molar-refractivity contribution >= 4 is 36.3 Å². The Morgan fingerprint density at radius 1 is 0.929 bits per heavy atom. The van der Waals surface area contributed by atoms with Crippen molar-refractivity contribution in [3.8, 4) is 0 Å². The van der Waals surface area contributed by atoms with Gasteiger partial charge in [-0.2, -0.15) is 8.78 Å². The van der Waals surface area contributed by atoms with Gasteiger partial charge in [0.15, 0.2) is 5.13 Å². The maximum absolute atomic E-state index is 13.0. The zero-order chi connectivity index (χ0) is 20.4. The lowest BCUT2D eigenvalue weighted by molar-refractivity contribution is 0.234. The first kappa shape index (κ1) is 20.4. The third kappa shape index (κ3) is 4.05. The highest BCUT2D eigenvalue weighted by Gasteiger charge is 2.28. The summed E-state index contributed by atoms with van der Waals surface area (Å²) in [4.78, 5) is 3.60. The third-order valence-corrected chi connectivity index (χ3v) is 7.84. The summed E-state index contributed by atoms with van der Waals surface area (Å²) in [6.07, 6.45) is 1.46. The number of anilines is 1. The molecule has 0 bridgehead atoms. The van der Waals surface area contributed by atoms with Gasteiger partial charge in [0.2, 0.25) is 9.84 Å². The van der Waals surface area contributed by atoms with Crippen LogP contribution in [0.3, 0.4) is 0 Å². The second-order valence-corrected chi connectivity index (χ2v) is 10.2. The van der Waals surface area contributed by atoms with Gasteiger partial charge in [0.05, 0.1) is 16.3 Å². The molecule has 1 aromatic heterocycles. The number of hydrogen-bond acceptors (Lipinski definition) is 6. The molecule has 2 aromatic carbocycles. The molecular weight excluding hydrogens is 430 g/mol. The molecule has 6 nitrogen and oxygen atoms in total. The average molecular weight is 445 g/mol. The van der Waals surface area contributed by atoms with E-state index in [1.165, 1.54) is 30.5 Å². The molecular formula is C17H14F2N2O4S3. The number of aromatic nitrogens is 1. The maximum atomic E-state index is 13.0. The molecule has 0 aliphatic heterocycles. The Bertz CT molecular complexity index is 1130. The molecule has 0 amide bonds. The summed E-state index contributed by atoms with van der Waals surface area (Å²) in [6, 6.07) is 12.5. The van der Waals surface area contributed by atoms with Gasteiger partial charge in [-0.25, -0.2) is 26.1 Å². The zero-order valence-corrected chi connectivity index (χ0v) is 16.6. The topological polar surface area (TPSA) is 84.4 Å². The lowest BCUT2D eigenvalue weighted by Gasteiger charge is -2.22. The summed E-state index contributed by atoms with van der Waals surface area (Å²) in [5, 5.41) is 1.86. The first-order chi connectivity index (χ1) is 13.2. The Labute approximate surface area is 165 Å². The van der Waals surface area contributed by atoms with Crippen LogP contribution in [0, 0.1) is 0 Å². The smallest absolute Gasteiger partial charge is 0.237 e. The van der Waals surface area contributed by atoms with E-state index in [-0.39, 0.29) is 16.6 Å². The Hall–Kier alpha value is -2.37. The largest absolute Gasteiger partial charge is 0.341 e. The van der Waals surface area contributed by atoms with Gasteiger partial charge < -0.3 is 0 Å². The molecule has 1 heterocycles. The van der Waals surface area contributed by atoms with E-state index in [9.17, 15) is 25.6 Å². The van der Waals surface area contributed by atoms with Crippen molar-refractivity contribution in [2.24, 2.45) is 0 Å². The Morgan fingerprint density at radius 3 is 2.11 bits per heavy atom. The fraction of sp³-hybridized carbons (Fsp3) is 0.118. The van der Waals surface area contributed by atoms with E-state index in [1.807, 2.05) is 0 Å². The van der Waals surface area contributed by atoms with Gasteiger partial charge in [0.25, 0.3) is 10.0 Å². The fourth-order valence-corrected chi connectivity index (χ4v) is 5.39. The molecule has 0 saturated heterocycles. The van der Waals surface area contributed by atoms with Crippen LogP contribution in [0.1, 0.15) is 5.56 Å². The summed E-state index contributed by atoms with van der Waals surface area (Å²) < 4.78 is 75.6. The molecule has 28 heavy (non-hydrogen) atoms. The van der Waals surface area contributed by atoms with E-state index in [1.54, 1.807) is 23.6 Å². The molecule has 11 heteroatoms. The highest BCUT2D eigenvalue weighted by molar-refractivity contribution is 7.93. The Kier molecular flexibility index (Phi) is 5.77. The Balaban J connectivity index is 1.96. The van der Waals surface area contributed by atoms with Gasteiger partial charge >= 0.3 is 5.76 Å². The molecule has 148 valence electrons. The molecule has 0 unspecified atom stereocenters. The van der Waals surface area contributed by atoms with Gasteiger partial charge in [-0.1, -0.05) is 30.3 Å². The van der Waals surface area contributed by atoms with Crippen LogP contribution in [-0.4, -0.2) is 27.6 Å². The summed E-state index contributed by atoms with van der Waals surface area (Å²) in [5.74, 6) is -3.52. The molecule has 0 N–H and O–H groups in total. The van der Waals surface area contributed by atoms with E-state index in [0.29, 0.717) is 5.56 Å². The SMILES string of the molecule is O=S(=O)(c1ccc(CN(c2nccs2)S(=O)(=O)c2ccccc2)cc1)C(F)F. The van der Waals surface area contributed by atoms with Crippen LogP contribution in [0.5, 0.6) is 0 Å². The molecule has 3 rings (SSSR count). The van der Waals surface area contributed by atoms with Crippen molar-refractivity contribution in [2.45, 2.75) is 22.1 Å². The predicted molar refractivity (Wildman–Crippen MR) is 102 cm³/mol. The van der Waals surface area contributed by atoms with Crippen molar-refractivity contribution in [2.75, 3.05) is 4.31 Å². The lowest BCUT2D eigenvalue weighted by atomic mass is 10.2. The molecule has 0 atom stereocenters. The first-order valence-electron chi connectivity index (χ1n) is 7.81. The van der Waals surface area contributed by atoms with Crippen LogP contribution in [0.2, 0.25) is 0 Å². The van der Waals surface area contributed by atoms with Crippen molar-refractivity contribution in [1.29, 1.82) is 0 Å². The van der Waals surface area contributed by atoms with Crippen LogP contribution < -0.4 is 4.31 Å². The average Bonchev–Trinajstić information content (AvgIpc) is 3.21. The van der Waals surface area contributed by atoms with E-state index >= 15 is 0 Å². The van der Waals surface area contributed by atoms with E-state index < -0.39 is 30.5 Å². The van der Waals surface area contributed by atoms with Crippen LogP contribution in [0.4, 0.5) is 13.9 Å². The molecule has 0 fully saturated rings. The molecule has 0 spiro atoms. The number of thiazole rings is 1. The van der Waals surface area contributed by atoms with Gasteiger partial charge in [-0.3, -0.25) is 0 Å². The second-order valence-electron chi connectivity index (χ2n) is 5.59. The summed E-state index contributed by atoms with van der Waals surface area (Å²) in [6.45, 7) is -0.139. The normalized spacial score (nSPS) is 12.2. The van der Waals surface area contributed by atoms with Gasteiger partial charge in [0.1, 0.15) is 0 Å². The standard InChI is InChI=1S/C17H14F2N2O4S3/c18-16(19)27(22,23)14-8-6-13(7-9-14)12-21(17-20-10-11-26-17)28(24,25)15-4-2-1-3-5-15/h1-11,16H,12H2. The minimum absolute atomic E-state index is 0.0714. The molecule has 0 radical (unpaired) electrons. The summed E-state index contributed by atoms with van der Waals surface area (Å²) in [7, 11) is -8.64. The number of halogens is 2. The number of nitrogens with zero attached hydrogens (tertiary/aromatic N) is 2. The van der Waals surface area contributed by atoms with Crippen molar-refractivity contribution in [3.63, 3.8) is 0 Å². The summed E-state index contributed by atoms with van der Waals surface area (Å²) in [5.41, 5.74) is 0.419. The second kappa shape index (κ2) is 7.94. The van der Waals surface area contributed by atoms with Crippen LogP contribution in [0.25, 0.3) is 0 Å². The maximum Gasteiger partial charge on any atom is 0.341 e. The minimum Gasteiger partial charge on any atom is -0.237 e. The quantitative estimate of drug-likeness (QED) is 0.557. The Morgan fingerprint density at radius 2 is 1.57 bits per heavy atom. The van der Waals surface area contributed by atoms with Crippen molar-refractivity contribution in [1.82, 2.24) is 4.98 Å². The fourth-order valence-electron chi connectivity index (χ4n) is 2.37. The monoisotopic (exact) mass is 444 g/mol. The minimum atomic E-state index is -4.71. The van der Waals surface area contributed by atoms with E-state index in [4.69, 9.17) is 0 Å². The molecule has 3 aromatic rings. The van der Waals surface area contributed by atoms with Crippen LogP contribution >= 0.6 is 11.3 Å². The first-order valence-corrected chi connectivity index (χ1v) is 11.7. The highest BCUT2D eigenvalue weighted by atomic mass is 32.2. The number of sulfonamides is 1. The number of rotatable bonds is 7. The highest BCUT2D eigenvalue weighted by Crippen LogP contribution is 2.28. The van der Waals surface area contributed by atoms with Gasteiger partial charge in [-0.05, 0) is 29.8 Å². The molecule has 0 saturated carbocycles. The summed E-state index contributed by atoms with van der Waals surface area (Å²) >= 11 is 1.12. The lowest BCUT2D eigenvalue weighted by Crippen LogP contribution is -2.30. The van der Waals surface area contributed by atoms with E-state index in [2.05, 4.69) is 4.98 Å². The number of benzene rings is 2. The number of sulfone groups is 1. The number of alkyl halides is 2. The van der Waals surface area contributed by atoms with Gasteiger partial charge in [0, 0.05) is 11.6 Å². The number of hydrogen-bond donors (Lipinski definition) is 0. The third-order valence-electron chi connectivity index (χ3n) is 3.78. The van der Waals surface area contributed by atoms with Crippen LogP contribution in [-0.2, 0) is 26.4 Å². The van der Waals surface area contributed by atoms with Crippen LogP contribution in [0.15, 0.2) is 76.0 Å². The zero-order valence-electron chi connectivity index (χ0n) is 14.1.